The van der Waals surface area contributed by atoms with Gasteiger partial charge in [-0.1, -0.05) is 44.0 Å². The number of benzene rings is 1. The van der Waals surface area contributed by atoms with Crippen LogP contribution in [-0.2, 0) is 16.1 Å². The smallest absolute Gasteiger partial charge is 0.352 e. The van der Waals surface area contributed by atoms with Gasteiger partial charge >= 0.3 is 6.18 Å². The lowest BCUT2D eigenvalue weighted by Crippen LogP contribution is -2.47. The van der Waals surface area contributed by atoms with Gasteiger partial charge in [-0.15, -0.1) is 0 Å². The van der Waals surface area contributed by atoms with E-state index in [4.69, 9.17) is 4.74 Å². The number of alkyl halides is 3. The number of hydrogen-bond donors (Lipinski definition) is 3. The third-order valence-electron chi connectivity index (χ3n) is 7.61. The zero-order chi connectivity index (χ0) is 27.7. The Morgan fingerprint density at radius 1 is 1.16 bits per heavy atom. The Hall–Kier alpha value is -2.67. The molecule has 4 rings (SSSR count). The van der Waals surface area contributed by atoms with Crippen LogP contribution in [0.15, 0.2) is 42.6 Å². The lowest BCUT2D eigenvalue weighted by atomic mass is 9.77. The molecule has 0 saturated carbocycles. The van der Waals surface area contributed by atoms with Gasteiger partial charge in [0, 0.05) is 56.4 Å². The molecule has 2 fully saturated rings. The normalized spacial score (nSPS) is 26.4. The number of halogens is 3. The molecule has 8 nitrogen and oxygen atoms in total. The van der Waals surface area contributed by atoms with Crippen molar-refractivity contribution >= 4 is 30.3 Å². The van der Waals surface area contributed by atoms with Crippen LogP contribution in [-0.4, -0.2) is 77.7 Å². The summed E-state index contributed by atoms with van der Waals surface area (Å²) in [6, 6.07) is 9.92. The quantitative estimate of drug-likeness (QED) is 0.477. The van der Waals surface area contributed by atoms with Crippen molar-refractivity contribution in [3.8, 4) is 0 Å². The highest BCUT2D eigenvalue weighted by molar-refractivity contribution is 7.78. The SMILES string of the molecule is C[C@H]1[C@@H](c2ccc(CNS)cc2)[C@H](C(=O)Nc2ccnc(C(=O)N3CCN(C)CC3)c2)O[C@@]1(C)C(F)(F)F. The molecule has 0 radical (unpaired) electrons. The molecule has 0 aliphatic carbocycles. The van der Waals surface area contributed by atoms with Crippen molar-refractivity contribution < 1.29 is 27.5 Å². The Labute approximate surface area is 225 Å². The number of piperazine rings is 1. The zero-order valence-electron chi connectivity index (χ0n) is 21.5. The minimum atomic E-state index is -4.69. The van der Waals surface area contributed by atoms with E-state index in [1.54, 1.807) is 29.2 Å². The minimum absolute atomic E-state index is 0.151. The third-order valence-corrected chi connectivity index (χ3v) is 7.77. The Morgan fingerprint density at radius 3 is 2.42 bits per heavy atom. The van der Waals surface area contributed by atoms with Crippen LogP contribution in [0.3, 0.4) is 0 Å². The first-order valence-electron chi connectivity index (χ1n) is 12.4. The number of nitrogens with one attached hydrogen (secondary N) is 2. The highest BCUT2D eigenvalue weighted by Crippen LogP contribution is 2.53. The Bertz CT molecular complexity index is 1160. The lowest BCUT2D eigenvalue weighted by Gasteiger charge is -2.32. The first kappa shape index (κ1) is 28.3. The number of likely N-dealkylation sites (N-methyl/N-ethyl adjacent to an activating group) is 1. The lowest BCUT2D eigenvalue weighted by molar-refractivity contribution is -0.272. The van der Waals surface area contributed by atoms with Crippen molar-refractivity contribution in [1.82, 2.24) is 19.5 Å². The average Bonchev–Trinajstić information content (AvgIpc) is 3.17. The molecule has 2 saturated heterocycles. The van der Waals surface area contributed by atoms with Gasteiger partial charge in [0.2, 0.25) is 0 Å². The van der Waals surface area contributed by atoms with Crippen LogP contribution in [0.2, 0.25) is 0 Å². The van der Waals surface area contributed by atoms with E-state index < -0.39 is 35.6 Å². The number of carbonyl (C=O) groups excluding carboxylic acids is 2. The maximum Gasteiger partial charge on any atom is 0.417 e. The number of ether oxygens (including phenoxy) is 1. The van der Waals surface area contributed by atoms with E-state index in [2.05, 4.69) is 32.7 Å². The molecule has 1 aromatic carbocycles. The predicted octanol–water partition coefficient (Wildman–Crippen LogP) is 3.48. The molecular weight excluding hydrogens is 519 g/mol. The van der Waals surface area contributed by atoms with Crippen molar-refractivity contribution in [2.24, 2.45) is 5.92 Å². The topological polar surface area (TPSA) is 86.8 Å². The predicted molar refractivity (Wildman–Crippen MR) is 140 cm³/mol. The average molecular weight is 552 g/mol. The highest BCUT2D eigenvalue weighted by Gasteiger charge is 2.65. The van der Waals surface area contributed by atoms with E-state index in [0.29, 0.717) is 25.2 Å². The molecule has 2 aliphatic heterocycles. The Kier molecular flexibility index (Phi) is 8.36. The fraction of sp³-hybridized carbons (Fsp3) is 0.500. The van der Waals surface area contributed by atoms with E-state index in [-0.39, 0.29) is 17.3 Å². The summed E-state index contributed by atoms with van der Waals surface area (Å²) in [6.45, 7) is 5.51. The number of rotatable bonds is 6. The largest absolute Gasteiger partial charge is 0.417 e. The maximum atomic E-state index is 14.1. The van der Waals surface area contributed by atoms with E-state index >= 15 is 0 Å². The van der Waals surface area contributed by atoms with Crippen molar-refractivity contribution in [2.45, 2.75) is 44.2 Å². The van der Waals surface area contributed by atoms with Crippen LogP contribution < -0.4 is 10.0 Å². The van der Waals surface area contributed by atoms with Crippen molar-refractivity contribution in [3.05, 3.63) is 59.4 Å². The summed E-state index contributed by atoms with van der Waals surface area (Å²) in [7, 11) is 1.98. The number of thiol groups is 1. The van der Waals surface area contributed by atoms with Crippen LogP contribution in [0.4, 0.5) is 18.9 Å². The molecule has 1 aromatic heterocycles. The summed E-state index contributed by atoms with van der Waals surface area (Å²) >= 11 is 3.98. The van der Waals surface area contributed by atoms with Crippen molar-refractivity contribution in [3.63, 3.8) is 0 Å². The number of aromatic nitrogens is 1. The molecule has 38 heavy (non-hydrogen) atoms. The van der Waals surface area contributed by atoms with Crippen LogP contribution in [0.25, 0.3) is 0 Å². The summed E-state index contributed by atoms with van der Waals surface area (Å²) in [4.78, 5) is 34.3. The van der Waals surface area contributed by atoms with Gasteiger partial charge in [0.25, 0.3) is 11.8 Å². The maximum absolute atomic E-state index is 14.1. The van der Waals surface area contributed by atoms with Gasteiger partial charge in [0.15, 0.2) is 5.60 Å². The molecule has 2 amide bonds. The first-order chi connectivity index (χ1) is 17.9. The standard InChI is InChI=1S/C26H32F3N5O3S/c1-16-21(18-6-4-17(5-7-18)15-31-38)22(37-25(16,2)26(27,28)29)23(35)32-19-8-9-30-20(14-19)24(36)34-12-10-33(3)11-13-34/h4-9,14,16,21-22,31,38H,10-13,15H2,1-3H3,(H,30,32,35)/t16-,21-,22+,25+/m0/s1. The van der Waals surface area contributed by atoms with Gasteiger partial charge in [0.05, 0.1) is 0 Å². The van der Waals surface area contributed by atoms with E-state index in [1.807, 2.05) is 7.05 Å². The summed E-state index contributed by atoms with van der Waals surface area (Å²) in [6.07, 6.45) is -4.70. The van der Waals surface area contributed by atoms with Crippen LogP contribution in [0, 0.1) is 5.92 Å². The monoisotopic (exact) mass is 551 g/mol. The molecule has 2 aliphatic rings. The fourth-order valence-corrected chi connectivity index (χ4v) is 5.20. The second kappa shape index (κ2) is 11.2. The number of anilines is 1. The van der Waals surface area contributed by atoms with Gasteiger partial charge in [-0.3, -0.25) is 19.3 Å². The van der Waals surface area contributed by atoms with Crippen molar-refractivity contribution in [1.29, 1.82) is 0 Å². The second-order valence-electron chi connectivity index (χ2n) is 10.0. The van der Waals surface area contributed by atoms with Gasteiger partial charge in [0.1, 0.15) is 11.8 Å². The molecule has 2 aromatic rings. The molecule has 3 heterocycles. The minimum Gasteiger partial charge on any atom is -0.352 e. The van der Waals surface area contributed by atoms with Crippen molar-refractivity contribution in [2.75, 3.05) is 38.5 Å². The van der Waals surface area contributed by atoms with Gasteiger partial charge in [-0.25, -0.2) is 0 Å². The second-order valence-corrected chi connectivity index (χ2v) is 10.4. The first-order valence-corrected chi connectivity index (χ1v) is 12.8. The number of hydrogen-bond acceptors (Lipinski definition) is 7. The summed E-state index contributed by atoms with van der Waals surface area (Å²) < 4.78 is 50.6. The molecule has 206 valence electrons. The van der Waals surface area contributed by atoms with E-state index in [9.17, 15) is 22.8 Å². The van der Waals surface area contributed by atoms with Crippen LogP contribution >= 0.6 is 12.8 Å². The summed E-state index contributed by atoms with van der Waals surface area (Å²) in [5.74, 6) is -2.88. The molecule has 0 unspecified atom stereocenters. The van der Waals surface area contributed by atoms with E-state index in [1.165, 1.54) is 25.3 Å². The molecule has 4 atom stereocenters. The molecular formula is C26H32F3N5O3S. The van der Waals surface area contributed by atoms with Crippen LogP contribution in [0.1, 0.15) is 41.4 Å². The number of pyridine rings is 1. The fourth-order valence-electron chi connectivity index (χ4n) is 5.01. The van der Waals surface area contributed by atoms with Gasteiger partial charge in [-0.05, 0) is 37.2 Å². The van der Waals surface area contributed by atoms with Gasteiger partial charge < -0.3 is 19.9 Å². The van der Waals surface area contributed by atoms with Gasteiger partial charge in [-0.2, -0.15) is 13.2 Å². The Balaban J connectivity index is 1.57. The summed E-state index contributed by atoms with van der Waals surface area (Å²) in [5, 5.41) is 2.66. The molecule has 2 N–H and O–H groups in total. The number of carbonyl (C=O) groups is 2. The summed E-state index contributed by atoms with van der Waals surface area (Å²) in [5.41, 5.74) is -0.656. The number of amides is 2. The molecule has 12 heteroatoms. The number of nitrogens with zero attached hydrogens (tertiary/aromatic N) is 3. The van der Waals surface area contributed by atoms with E-state index in [0.717, 1.165) is 25.6 Å². The third kappa shape index (κ3) is 5.68. The zero-order valence-corrected chi connectivity index (χ0v) is 22.4. The highest BCUT2D eigenvalue weighted by atomic mass is 32.1. The molecule has 0 bridgehead atoms. The Morgan fingerprint density at radius 2 is 1.82 bits per heavy atom. The van der Waals surface area contributed by atoms with Crippen LogP contribution in [0.5, 0.6) is 0 Å². The molecule has 0 spiro atoms.